The fourth-order valence-electron chi connectivity index (χ4n) is 1.81. The average molecular weight is 288 g/mol. The molecule has 0 radical (unpaired) electrons. The van der Waals surface area contributed by atoms with Crippen LogP contribution in [0.2, 0.25) is 0 Å². The lowest BCUT2D eigenvalue weighted by atomic mass is 10.0. The molecule has 0 saturated heterocycles. The number of rotatable bonds is 11. The maximum atomic E-state index is 11.8. The van der Waals surface area contributed by atoms with E-state index in [0.717, 1.165) is 19.3 Å². The first-order valence-electron chi connectivity index (χ1n) is 7.51. The van der Waals surface area contributed by atoms with E-state index in [-0.39, 0.29) is 19.3 Å². The molecule has 5 nitrogen and oxygen atoms in total. The molecule has 1 unspecified atom stereocenters. The minimum atomic E-state index is -0.893. The van der Waals surface area contributed by atoms with Crippen molar-refractivity contribution in [2.75, 3.05) is 19.8 Å². The topological polar surface area (TPSA) is 61.8 Å². The fraction of sp³-hybridized carbons (Fsp3) is 0.867. The van der Waals surface area contributed by atoms with E-state index in [1.54, 1.807) is 13.8 Å². The van der Waals surface area contributed by atoms with Crippen LogP contribution < -0.4 is 0 Å². The van der Waals surface area contributed by atoms with E-state index < -0.39 is 17.9 Å². The molecule has 0 amide bonds. The fourth-order valence-corrected chi connectivity index (χ4v) is 1.81. The highest BCUT2D eigenvalue weighted by Crippen LogP contribution is 2.14. The predicted molar refractivity (Wildman–Crippen MR) is 76.3 cm³/mol. The van der Waals surface area contributed by atoms with Crippen molar-refractivity contribution in [1.82, 2.24) is 0 Å². The molecular formula is C15H28O5. The summed E-state index contributed by atoms with van der Waals surface area (Å²) in [5, 5.41) is 0. The van der Waals surface area contributed by atoms with Gasteiger partial charge in [-0.2, -0.15) is 0 Å². The molecular weight excluding hydrogens is 260 g/mol. The van der Waals surface area contributed by atoms with Gasteiger partial charge in [0.25, 0.3) is 0 Å². The maximum Gasteiger partial charge on any atom is 0.320 e. The van der Waals surface area contributed by atoms with Crippen LogP contribution in [0.3, 0.4) is 0 Å². The Balaban J connectivity index is 4.32. The lowest BCUT2D eigenvalue weighted by Crippen LogP contribution is -2.31. The van der Waals surface area contributed by atoms with E-state index >= 15 is 0 Å². The van der Waals surface area contributed by atoms with Crippen molar-refractivity contribution in [2.24, 2.45) is 5.92 Å². The highest BCUT2D eigenvalue weighted by molar-refractivity contribution is 5.94. The Labute approximate surface area is 122 Å². The van der Waals surface area contributed by atoms with Gasteiger partial charge in [-0.15, -0.1) is 0 Å². The molecule has 0 aromatic carbocycles. The minimum absolute atomic E-state index is 0.175. The van der Waals surface area contributed by atoms with Crippen molar-refractivity contribution in [3.63, 3.8) is 0 Å². The van der Waals surface area contributed by atoms with Crippen LogP contribution in [0.4, 0.5) is 0 Å². The van der Waals surface area contributed by atoms with Crippen molar-refractivity contribution >= 4 is 11.9 Å². The zero-order valence-corrected chi connectivity index (χ0v) is 13.1. The van der Waals surface area contributed by atoms with Crippen molar-refractivity contribution < 1.29 is 23.8 Å². The average Bonchev–Trinajstić information content (AvgIpc) is 2.41. The smallest absolute Gasteiger partial charge is 0.320 e. The molecule has 5 heteroatoms. The molecule has 0 aromatic heterocycles. The first-order chi connectivity index (χ1) is 9.56. The normalized spacial score (nSPS) is 12.2. The Morgan fingerprint density at radius 3 is 1.95 bits per heavy atom. The summed E-state index contributed by atoms with van der Waals surface area (Å²) in [7, 11) is 0. The monoisotopic (exact) mass is 288 g/mol. The van der Waals surface area contributed by atoms with Gasteiger partial charge in [0.15, 0.2) is 5.92 Å². The van der Waals surface area contributed by atoms with E-state index in [9.17, 15) is 9.59 Å². The molecule has 0 aromatic rings. The first-order valence-corrected chi connectivity index (χ1v) is 7.51. The predicted octanol–water partition coefficient (Wildman–Crippen LogP) is 2.71. The number of hydrogen-bond donors (Lipinski definition) is 0. The maximum absolute atomic E-state index is 11.8. The number of carbonyl (C=O) groups excluding carboxylic acids is 2. The number of unbranched alkanes of at least 4 members (excludes halogenated alkanes) is 2. The summed E-state index contributed by atoms with van der Waals surface area (Å²) in [6.45, 7) is 8.56. The number of hydrogen-bond acceptors (Lipinski definition) is 5. The second-order valence-electron chi connectivity index (χ2n) is 4.68. The van der Waals surface area contributed by atoms with E-state index in [2.05, 4.69) is 6.92 Å². The first kappa shape index (κ1) is 18.9. The lowest BCUT2D eigenvalue weighted by molar-refractivity contribution is -0.163. The number of carbonyl (C=O) groups is 2. The second-order valence-corrected chi connectivity index (χ2v) is 4.68. The van der Waals surface area contributed by atoms with Crippen molar-refractivity contribution in [3.8, 4) is 0 Å². The van der Waals surface area contributed by atoms with Crippen LogP contribution in [0.1, 0.15) is 53.4 Å². The summed E-state index contributed by atoms with van der Waals surface area (Å²) in [4.78, 5) is 23.6. The zero-order chi connectivity index (χ0) is 15.4. The van der Waals surface area contributed by atoms with Crippen LogP contribution >= 0.6 is 0 Å². The van der Waals surface area contributed by atoms with Gasteiger partial charge in [0, 0.05) is 6.61 Å². The number of esters is 2. The Kier molecular flexibility index (Phi) is 11.1. The molecule has 0 bridgehead atoms. The third kappa shape index (κ3) is 8.15. The lowest BCUT2D eigenvalue weighted by Gasteiger charge is -2.19. The molecule has 20 heavy (non-hydrogen) atoms. The van der Waals surface area contributed by atoms with Gasteiger partial charge in [0.2, 0.25) is 0 Å². The van der Waals surface area contributed by atoms with Gasteiger partial charge in [-0.3, -0.25) is 9.59 Å². The highest BCUT2D eigenvalue weighted by atomic mass is 16.6. The molecule has 0 heterocycles. The zero-order valence-electron chi connectivity index (χ0n) is 13.1. The van der Waals surface area contributed by atoms with Gasteiger partial charge in [-0.25, -0.2) is 0 Å². The molecule has 0 fully saturated rings. The third-order valence-corrected chi connectivity index (χ3v) is 2.86. The molecule has 0 rings (SSSR count). The second kappa shape index (κ2) is 11.7. The van der Waals surface area contributed by atoms with Gasteiger partial charge in [-0.1, -0.05) is 19.8 Å². The van der Waals surface area contributed by atoms with Crippen LogP contribution in [-0.2, 0) is 23.8 Å². The van der Waals surface area contributed by atoms with Gasteiger partial charge in [-0.05, 0) is 33.6 Å². The quantitative estimate of drug-likeness (QED) is 0.332. The van der Waals surface area contributed by atoms with Crippen molar-refractivity contribution in [3.05, 3.63) is 0 Å². The van der Waals surface area contributed by atoms with E-state index in [1.165, 1.54) is 0 Å². The van der Waals surface area contributed by atoms with Crippen LogP contribution in [0.5, 0.6) is 0 Å². The summed E-state index contributed by atoms with van der Waals surface area (Å²) in [6, 6.07) is 0. The minimum Gasteiger partial charge on any atom is -0.465 e. The van der Waals surface area contributed by atoms with Crippen LogP contribution in [-0.4, -0.2) is 37.9 Å². The molecule has 0 aliphatic carbocycles. The van der Waals surface area contributed by atoms with Crippen molar-refractivity contribution in [1.29, 1.82) is 0 Å². The van der Waals surface area contributed by atoms with Gasteiger partial charge < -0.3 is 14.2 Å². The van der Waals surface area contributed by atoms with Gasteiger partial charge in [0.05, 0.1) is 19.3 Å². The van der Waals surface area contributed by atoms with Crippen LogP contribution in [0.15, 0.2) is 0 Å². The van der Waals surface area contributed by atoms with Crippen molar-refractivity contribution in [2.45, 2.75) is 59.5 Å². The van der Waals surface area contributed by atoms with Gasteiger partial charge in [0.1, 0.15) is 0 Å². The number of ether oxygens (including phenoxy) is 3. The molecule has 0 saturated carbocycles. The molecule has 0 spiro atoms. The molecule has 0 aliphatic rings. The summed E-state index contributed by atoms with van der Waals surface area (Å²) < 4.78 is 15.5. The highest BCUT2D eigenvalue weighted by Gasteiger charge is 2.31. The van der Waals surface area contributed by atoms with E-state index in [1.807, 2.05) is 6.92 Å². The molecule has 118 valence electrons. The Bertz CT molecular complexity index is 259. The largest absolute Gasteiger partial charge is 0.465 e. The summed E-state index contributed by atoms with van der Waals surface area (Å²) in [6.07, 6.45) is 3.36. The van der Waals surface area contributed by atoms with Crippen LogP contribution in [0.25, 0.3) is 0 Å². The molecule has 0 N–H and O–H groups in total. The summed E-state index contributed by atoms with van der Waals surface area (Å²) in [5.41, 5.74) is 0. The molecule has 1 atom stereocenters. The van der Waals surface area contributed by atoms with Gasteiger partial charge >= 0.3 is 11.9 Å². The summed E-state index contributed by atoms with van der Waals surface area (Å²) >= 11 is 0. The standard InChI is InChI=1S/C15H28O5/c1-5-8-9-10-20-12(4)11-13(14(16)18-6-2)15(17)19-7-3/h12-13H,5-11H2,1-4H3. The third-order valence-electron chi connectivity index (χ3n) is 2.86. The Hall–Kier alpha value is -1.10. The van der Waals surface area contributed by atoms with E-state index in [4.69, 9.17) is 14.2 Å². The van der Waals surface area contributed by atoms with E-state index in [0.29, 0.717) is 13.0 Å². The summed E-state index contributed by atoms with van der Waals surface area (Å²) in [5.74, 6) is -1.96. The Morgan fingerprint density at radius 2 is 1.50 bits per heavy atom. The Morgan fingerprint density at radius 1 is 0.950 bits per heavy atom. The SMILES string of the molecule is CCCCCOC(C)CC(C(=O)OCC)C(=O)OCC. The van der Waals surface area contributed by atoms with Crippen LogP contribution in [0, 0.1) is 5.92 Å². The molecule has 0 aliphatic heterocycles.